The fourth-order valence-corrected chi connectivity index (χ4v) is 2.90. The van der Waals surface area contributed by atoms with Gasteiger partial charge in [0.05, 0.1) is 24.0 Å². The highest BCUT2D eigenvalue weighted by atomic mass is 32.2. The summed E-state index contributed by atoms with van der Waals surface area (Å²) in [6.45, 7) is 4.75. The van der Waals surface area contributed by atoms with Crippen molar-refractivity contribution in [2.24, 2.45) is 5.92 Å². The highest BCUT2D eigenvalue weighted by Crippen LogP contribution is 2.14. The Morgan fingerprint density at radius 3 is 2.67 bits per heavy atom. The number of hydrogen-bond acceptors (Lipinski definition) is 6. The Bertz CT molecular complexity index is 366. The molecular weight excluding hydrogens is 276 g/mol. The van der Waals surface area contributed by atoms with E-state index >= 15 is 0 Å². The molecule has 0 aromatic carbocycles. The van der Waals surface area contributed by atoms with Gasteiger partial charge in [0.1, 0.15) is 0 Å². The summed E-state index contributed by atoms with van der Waals surface area (Å²) in [6, 6.07) is 0. The van der Waals surface area contributed by atoms with Crippen molar-refractivity contribution in [3.05, 3.63) is 0 Å². The van der Waals surface area contributed by atoms with Gasteiger partial charge in [-0.2, -0.15) is 0 Å². The van der Waals surface area contributed by atoms with E-state index in [2.05, 4.69) is 27.3 Å². The lowest BCUT2D eigenvalue weighted by Gasteiger charge is -2.37. The maximum atomic E-state index is 11.6. The predicted octanol–water partition coefficient (Wildman–Crippen LogP) is -0.669. The fraction of sp³-hybridized carbons (Fsp3) is 0.900. The van der Waals surface area contributed by atoms with Crippen molar-refractivity contribution < 1.29 is 17.4 Å². The summed E-state index contributed by atoms with van der Waals surface area (Å²) >= 11 is 3.48. The zero-order chi connectivity index (χ0) is 13.6. The lowest BCUT2D eigenvalue weighted by atomic mass is 9.99. The van der Waals surface area contributed by atoms with Gasteiger partial charge in [0.25, 0.3) is 0 Å². The molecule has 0 atom stereocenters. The van der Waals surface area contributed by atoms with E-state index in [0.29, 0.717) is 0 Å². The highest BCUT2D eigenvalue weighted by molar-refractivity contribution is 7.91. The van der Waals surface area contributed by atoms with Crippen LogP contribution in [0.3, 0.4) is 0 Å². The molecule has 0 aliphatic carbocycles. The van der Waals surface area contributed by atoms with Crippen molar-refractivity contribution in [2.75, 3.05) is 44.3 Å². The first-order valence-corrected chi connectivity index (χ1v) is 8.14. The first-order valence-electron chi connectivity index (χ1n) is 5.95. The normalized spacial score (nSPS) is 17.4. The van der Waals surface area contributed by atoms with Gasteiger partial charge in [-0.1, -0.05) is 6.92 Å². The first kappa shape index (κ1) is 15.7. The number of rotatable bonds is 8. The van der Waals surface area contributed by atoms with Crippen LogP contribution in [0.15, 0.2) is 0 Å². The standard InChI is InChI=1S/C10H20N2O4S2/c1-2-12-7-9(8-12)10(13)11-3-5-18(14,15)6-4-16-17/h9,17H,2-8H2,1H3,(H,11,13). The lowest BCUT2D eigenvalue weighted by molar-refractivity contribution is -0.129. The Balaban J connectivity index is 2.16. The molecule has 0 bridgehead atoms. The zero-order valence-corrected chi connectivity index (χ0v) is 12.2. The number of nitrogens with zero attached hydrogens (tertiary/aromatic N) is 1. The molecular formula is C10H20N2O4S2. The second-order valence-corrected chi connectivity index (χ2v) is 6.89. The van der Waals surface area contributed by atoms with E-state index in [1.54, 1.807) is 0 Å². The van der Waals surface area contributed by atoms with Crippen LogP contribution in [0.4, 0.5) is 0 Å². The molecule has 0 spiro atoms. The minimum Gasteiger partial charge on any atom is -0.355 e. The molecule has 1 fully saturated rings. The Morgan fingerprint density at radius 1 is 1.44 bits per heavy atom. The number of sulfone groups is 1. The van der Waals surface area contributed by atoms with E-state index in [-0.39, 0.29) is 36.5 Å². The minimum absolute atomic E-state index is 0.00780. The van der Waals surface area contributed by atoms with Crippen LogP contribution in [0.25, 0.3) is 0 Å². The Morgan fingerprint density at radius 2 is 2.11 bits per heavy atom. The molecule has 0 aromatic rings. The second kappa shape index (κ2) is 7.32. The minimum atomic E-state index is -3.17. The van der Waals surface area contributed by atoms with Crippen molar-refractivity contribution in [1.82, 2.24) is 10.2 Å². The molecule has 0 saturated carbocycles. The van der Waals surface area contributed by atoms with Gasteiger partial charge in [-0.05, 0) is 19.5 Å². The fourth-order valence-electron chi connectivity index (χ4n) is 1.73. The summed E-state index contributed by atoms with van der Waals surface area (Å²) in [6.07, 6.45) is 0. The Hall–Kier alpha value is -0.310. The monoisotopic (exact) mass is 296 g/mol. The van der Waals surface area contributed by atoms with Crippen molar-refractivity contribution in [3.8, 4) is 0 Å². The van der Waals surface area contributed by atoms with Crippen LogP contribution >= 0.6 is 12.9 Å². The van der Waals surface area contributed by atoms with Gasteiger partial charge in [0, 0.05) is 19.6 Å². The van der Waals surface area contributed by atoms with E-state index < -0.39 is 9.84 Å². The second-order valence-electron chi connectivity index (χ2n) is 4.33. The highest BCUT2D eigenvalue weighted by Gasteiger charge is 2.31. The number of hydrogen-bond donors (Lipinski definition) is 2. The maximum Gasteiger partial charge on any atom is 0.225 e. The van der Waals surface area contributed by atoms with Crippen LogP contribution in [0.5, 0.6) is 0 Å². The van der Waals surface area contributed by atoms with Crippen molar-refractivity contribution >= 4 is 28.7 Å². The number of likely N-dealkylation sites (tertiary alicyclic amines) is 1. The van der Waals surface area contributed by atoms with E-state index in [9.17, 15) is 13.2 Å². The average molecular weight is 296 g/mol. The Labute approximate surface area is 114 Å². The molecule has 0 aromatic heterocycles. The third-order valence-electron chi connectivity index (χ3n) is 2.97. The quantitative estimate of drug-likeness (QED) is 0.459. The molecule has 106 valence electrons. The SMILES string of the molecule is CCN1CC(C(=O)NCCS(=O)(=O)CCOS)C1. The topological polar surface area (TPSA) is 75.7 Å². The third kappa shape index (κ3) is 5.13. The molecule has 1 amide bonds. The van der Waals surface area contributed by atoms with Crippen LogP contribution in [0, 0.1) is 5.92 Å². The largest absolute Gasteiger partial charge is 0.355 e. The van der Waals surface area contributed by atoms with E-state index in [1.807, 2.05) is 6.92 Å². The maximum absolute atomic E-state index is 11.6. The van der Waals surface area contributed by atoms with Crippen LogP contribution < -0.4 is 5.32 Å². The van der Waals surface area contributed by atoms with Crippen LogP contribution in [-0.2, 0) is 18.8 Å². The Kier molecular flexibility index (Phi) is 6.40. The van der Waals surface area contributed by atoms with Crippen molar-refractivity contribution in [3.63, 3.8) is 0 Å². The van der Waals surface area contributed by atoms with Gasteiger partial charge in [0.15, 0.2) is 9.84 Å². The summed E-state index contributed by atoms with van der Waals surface area (Å²) in [5, 5.41) is 2.66. The van der Waals surface area contributed by atoms with Crippen molar-refractivity contribution in [2.45, 2.75) is 6.92 Å². The van der Waals surface area contributed by atoms with Crippen molar-refractivity contribution in [1.29, 1.82) is 0 Å². The molecule has 1 aliphatic rings. The van der Waals surface area contributed by atoms with Gasteiger partial charge in [-0.3, -0.25) is 4.79 Å². The first-order chi connectivity index (χ1) is 8.48. The molecule has 0 radical (unpaired) electrons. The molecule has 6 nitrogen and oxygen atoms in total. The molecule has 1 N–H and O–H groups in total. The van der Waals surface area contributed by atoms with Crippen LogP contribution in [0.2, 0.25) is 0 Å². The van der Waals surface area contributed by atoms with Gasteiger partial charge in [0.2, 0.25) is 5.91 Å². The predicted molar refractivity (Wildman–Crippen MR) is 72.2 cm³/mol. The third-order valence-corrected chi connectivity index (χ3v) is 4.77. The number of carbonyl (C=O) groups excluding carboxylic acids is 1. The summed E-state index contributed by atoms with van der Waals surface area (Å²) in [4.78, 5) is 13.8. The van der Waals surface area contributed by atoms with E-state index in [1.165, 1.54) is 0 Å². The number of amides is 1. The van der Waals surface area contributed by atoms with Crippen LogP contribution in [-0.4, -0.2) is 63.5 Å². The molecule has 18 heavy (non-hydrogen) atoms. The number of thiol groups is 1. The smallest absolute Gasteiger partial charge is 0.225 e. The van der Waals surface area contributed by atoms with Gasteiger partial charge >= 0.3 is 0 Å². The number of nitrogens with one attached hydrogen (secondary N) is 1. The molecule has 1 heterocycles. The zero-order valence-electron chi connectivity index (χ0n) is 10.5. The van der Waals surface area contributed by atoms with Crippen LogP contribution in [0.1, 0.15) is 6.92 Å². The van der Waals surface area contributed by atoms with E-state index in [0.717, 1.165) is 19.6 Å². The molecule has 1 aliphatic heterocycles. The molecule has 1 rings (SSSR count). The summed E-state index contributed by atoms with van der Waals surface area (Å²) in [5.74, 6) is -0.173. The molecule has 0 unspecified atom stereocenters. The lowest BCUT2D eigenvalue weighted by Crippen LogP contribution is -2.53. The van der Waals surface area contributed by atoms with E-state index in [4.69, 9.17) is 0 Å². The summed E-state index contributed by atoms with van der Waals surface area (Å²) in [7, 11) is -3.17. The summed E-state index contributed by atoms with van der Waals surface area (Å²) in [5.41, 5.74) is 0. The average Bonchev–Trinajstić information content (AvgIpc) is 2.25. The molecule has 1 saturated heterocycles. The van der Waals surface area contributed by atoms with Gasteiger partial charge in [-0.25, -0.2) is 8.42 Å². The summed E-state index contributed by atoms with van der Waals surface area (Å²) < 4.78 is 27.3. The van der Waals surface area contributed by atoms with Gasteiger partial charge in [-0.15, -0.1) is 0 Å². The number of carbonyl (C=O) groups is 1. The van der Waals surface area contributed by atoms with Gasteiger partial charge < -0.3 is 14.4 Å². The molecule has 8 heteroatoms.